The lowest BCUT2D eigenvalue weighted by Gasteiger charge is -2.09. The number of carboxylic acid groups (broad SMARTS) is 1. The molecule has 0 atom stereocenters. The molecule has 0 amide bonds. The van der Waals surface area contributed by atoms with Gasteiger partial charge < -0.3 is 9.84 Å². The van der Waals surface area contributed by atoms with Gasteiger partial charge in [-0.2, -0.15) is 5.10 Å². The minimum atomic E-state index is -1.02. The molecule has 0 aliphatic carbocycles. The van der Waals surface area contributed by atoms with Crippen molar-refractivity contribution in [3.05, 3.63) is 108 Å². The quantitative estimate of drug-likeness (QED) is 0.434. The van der Waals surface area contributed by atoms with Crippen LogP contribution in [0.3, 0.4) is 0 Å². The van der Waals surface area contributed by atoms with E-state index in [1.54, 1.807) is 7.11 Å². The Hall–Kier alpha value is -4.12. The van der Waals surface area contributed by atoms with Crippen molar-refractivity contribution in [3.8, 4) is 22.7 Å². The number of hydrogen-bond donors (Lipinski definition) is 1. The summed E-state index contributed by atoms with van der Waals surface area (Å²) in [5, 5.41) is 14.3. The summed E-state index contributed by atoms with van der Waals surface area (Å²) in [6.07, 6.45) is 1.20. The fraction of sp³-hybridized carbons (Fsp3) is 0.0769. The zero-order valence-corrected chi connectivity index (χ0v) is 17.3. The van der Waals surface area contributed by atoms with Gasteiger partial charge in [0.2, 0.25) is 0 Å². The summed E-state index contributed by atoms with van der Waals surface area (Å²) < 4.78 is 7.11. The average Bonchev–Trinajstić information content (AvgIpc) is 3.23. The van der Waals surface area contributed by atoms with Gasteiger partial charge >= 0.3 is 5.97 Å². The Labute approximate surface area is 180 Å². The first-order valence-electron chi connectivity index (χ1n) is 9.87. The van der Waals surface area contributed by atoms with Crippen molar-refractivity contribution in [2.45, 2.75) is 6.92 Å². The van der Waals surface area contributed by atoms with Gasteiger partial charge in [-0.15, -0.1) is 0 Å². The predicted molar refractivity (Wildman–Crippen MR) is 121 cm³/mol. The topological polar surface area (TPSA) is 64.4 Å². The third-order valence-electron chi connectivity index (χ3n) is 5.00. The molecule has 0 saturated heterocycles. The minimum Gasteiger partial charge on any atom is -0.497 e. The Balaban J connectivity index is 1.91. The molecule has 0 aliphatic rings. The SMILES string of the molecule is COc1ccc(-n2nc(/C(=C\C(=O)O)c3ccccc3)cc2-c2ccc(C)cc2)cc1. The van der Waals surface area contributed by atoms with E-state index in [-0.39, 0.29) is 0 Å². The minimum absolute atomic E-state index is 0.550. The number of benzene rings is 3. The summed E-state index contributed by atoms with van der Waals surface area (Å²) in [7, 11) is 1.63. The molecule has 0 fully saturated rings. The highest BCUT2D eigenvalue weighted by molar-refractivity contribution is 5.95. The summed E-state index contributed by atoms with van der Waals surface area (Å²) in [4.78, 5) is 11.6. The summed E-state index contributed by atoms with van der Waals surface area (Å²) in [5.41, 5.74) is 5.80. The highest BCUT2D eigenvalue weighted by Crippen LogP contribution is 2.30. The van der Waals surface area contributed by atoms with Crippen molar-refractivity contribution < 1.29 is 14.6 Å². The molecule has 5 heteroatoms. The van der Waals surface area contributed by atoms with Crippen LogP contribution < -0.4 is 4.74 Å². The lowest BCUT2D eigenvalue weighted by atomic mass is 10.0. The van der Waals surface area contributed by atoms with E-state index >= 15 is 0 Å². The van der Waals surface area contributed by atoms with Crippen LogP contribution in [0.2, 0.25) is 0 Å². The molecule has 0 spiro atoms. The van der Waals surface area contributed by atoms with E-state index in [1.807, 2.05) is 96.5 Å². The summed E-state index contributed by atoms with van der Waals surface area (Å²) in [6, 6.07) is 27.1. The monoisotopic (exact) mass is 410 g/mol. The third-order valence-corrected chi connectivity index (χ3v) is 5.00. The first-order valence-corrected chi connectivity index (χ1v) is 9.87. The van der Waals surface area contributed by atoms with Crippen LogP contribution in [0.15, 0.2) is 91.0 Å². The van der Waals surface area contributed by atoms with Crippen LogP contribution in [0, 0.1) is 6.92 Å². The van der Waals surface area contributed by atoms with E-state index in [2.05, 4.69) is 0 Å². The van der Waals surface area contributed by atoms with Crippen LogP contribution >= 0.6 is 0 Å². The standard InChI is InChI=1S/C26H22N2O3/c1-18-8-10-20(11-9-18)25-17-24(23(16-26(29)30)19-6-4-3-5-7-19)27-28(25)21-12-14-22(31-2)15-13-21/h3-17H,1-2H3,(H,29,30)/b23-16-. The smallest absolute Gasteiger partial charge is 0.329 e. The molecule has 0 saturated carbocycles. The van der Waals surface area contributed by atoms with Crippen LogP contribution in [0.4, 0.5) is 0 Å². The lowest BCUT2D eigenvalue weighted by molar-refractivity contribution is -0.131. The number of aryl methyl sites for hydroxylation is 1. The van der Waals surface area contributed by atoms with Crippen LogP contribution in [-0.4, -0.2) is 28.0 Å². The van der Waals surface area contributed by atoms with E-state index < -0.39 is 5.97 Å². The molecule has 0 aliphatic heterocycles. The molecule has 1 aromatic heterocycles. The van der Waals surface area contributed by atoms with Gasteiger partial charge in [0, 0.05) is 17.2 Å². The van der Waals surface area contributed by atoms with E-state index in [0.717, 1.165) is 33.8 Å². The summed E-state index contributed by atoms with van der Waals surface area (Å²) >= 11 is 0. The second kappa shape index (κ2) is 8.71. The van der Waals surface area contributed by atoms with Crippen molar-refractivity contribution in [1.82, 2.24) is 9.78 Å². The molecule has 5 nitrogen and oxygen atoms in total. The molecular formula is C26H22N2O3. The molecule has 4 aromatic rings. The highest BCUT2D eigenvalue weighted by atomic mass is 16.5. The third kappa shape index (κ3) is 4.41. The molecular weight excluding hydrogens is 388 g/mol. The number of carboxylic acids is 1. The zero-order valence-electron chi connectivity index (χ0n) is 17.3. The molecule has 0 radical (unpaired) electrons. The molecule has 4 rings (SSSR count). The normalized spacial score (nSPS) is 11.4. The number of ether oxygens (including phenoxy) is 1. The molecule has 0 bridgehead atoms. The van der Waals surface area contributed by atoms with E-state index in [4.69, 9.17) is 9.84 Å². The van der Waals surface area contributed by atoms with Gasteiger partial charge in [0.25, 0.3) is 0 Å². The van der Waals surface area contributed by atoms with E-state index in [1.165, 1.54) is 6.08 Å². The fourth-order valence-electron chi connectivity index (χ4n) is 3.41. The second-order valence-electron chi connectivity index (χ2n) is 7.15. The van der Waals surface area contributed by atoms with E-state index in [9.17, 15) is 9.90 Å². The number of aromatic nitrogens is 2. The van der Waals surface area contributed by atoms with Crippen LogP contribution in [-0.2, 0) is 4.79 Å². The Morgan fingerprint density at radius 1 is 0.968 bits per heavy atom. The maximum atomic E-state index is 11.6. The first-order chi connectivity index (χ1) is 15.0. The van der Waals surface area contributed by atoms with Gasteiger partial charge in [-0.25, -0.2) is 9.48 Å². The van der Waals surface area contributed by atoms with Crippen LogP contribution in [0.25, 0.3) is 22.5 Å². The number of rotatable bonds is 6. The van der Waals surface area contributed by atoms with Gasteiger partial charge in [0.05, 0.1) is 24.2 Å². The Kier molecular flexibility index (Phi) is 5.67. The van der Waals surface area contributed by atoms with Crippen molar-refractivity contribution in [2.75, 3.05) is 7.11 Å². The maximum absolute atomic E-state index is 11.6. The van der Waals surface area contributed by atoms with Gasteiger partial charge in [0.1, 0.15) is 5.75 Å². The summed E-state index contributed by atoms with van der Waals surface area (Å²) in [6.45, 7) is 2.04. The van der Waals surface area contributed by atoms with Crippen LogP contribution in [0.1, 0.15) is 16.8 Å². The molecule has 1 N–H and O–H groups in total. The number of hydrogen-bond acceptors (Lipinski definition) is 3. The number of aliphatic carboxylic acids is 1. The van der Waals surface area contributed by atoms with E-state index in [0.29, 0.717) is 11.3 Å². The van der Waals surface area contributed by atoms with Crippen LogP contribution in [0.5, 0.6) is 5.75 Å². The summed E-state index contributed by atoms with van der Waals surface area (Å²) in [5.74, 6) is -0.265. The predicted octanol–water partition coefficient (Wildman–Crippen LogP) is 5.37. The van der Waals surface area contributed by atoms with Crippen molar-refractivity contribution in [3.63, 3.8) is 0 Å². The van der Waals surface area contributed by atoms with Crippen molar-refractivity contribution in [1.29, 1.82) is 0 Å². The second-order valence-corrected chi connectivity index (χ2v) is 7.15. The Morgan fingerprint density at radius 3 is 2.26 bits per heavy atom. The largest absolute Gasteiger partial charge is 0.497 e. The van der Waals surface area contributed by atoms with Crippen molar-refractivity contribution in [2.24, 2.45) is 0 Å². The highest BCUT2D eigenvalue weighted by Gasteiger charge is 2.17. The number of methoxy groups -OCH3 is 1. The number of nitrogens with zero attached hydrogens (tertiary/aromatic N) is 2. The lowest BCUT2D eigenvalue weighted by Crippen LogP contribution is -2.01. The maximum Gasteiger partial charge on any atom is 0.329 e. The molecule has 31 heavy (non-hydrogen) atoms. The Morgan fingerprint density at radius 2 is 1.65 bits per heavy atom. The van der Waals surface area contributed by atoms with Crippen molar-refractivity contribution >= 4 is 11.5 Å². The van der Waals surface area contributed by atoms with Gasteiger partial charge in [0.15, 0.2) is 0 Å². The van der Waals surface area contributed by atoms with Gasteiger partial charge in [-0.05, 0) is 42.8 Å². The van der Waals surface area contributed by atoms with Gasteiger partial charge in [-0.3, -0.25) is 0 Å². The molecule has 0 unspecified atom stereocenters. The fourth-order valence-corrected chi connectivity index (χ4v) is 3.41. The molecule has 154 valence electrons. The van der Waals surface area contributed by atoms with Gasteiger partial charge in [-0.1, -0.05) is 60.2 Å². The first kappa shape index (κ1) is 20.2. The number of carbonyl (C=O) groups is 1. The Bertz CT molecular complexity index is 1220. The molecule has 3 aromatic carbocycles. The zero-order chi connectivity index (χ0) is 21.8. The average molecular weight is 410 g/mol. The molecule has 1 heterocycles.